The van der Waals surface area contributed by atoms with E-state index in [2.05, 4.69) is 21.1 Å². The first kappa shape index (κ1) is 15.5. The van der Waals surface area contributed by atoms with Gasteiger partial charge in [-0.05, 0) is 47.3 Å². The van der Waals surface area contributed by atoms with E-state index >= 15 is 0 Å². The standard InChI is InChI=1S/C16H18BrNO4/c1-19-12-6-4-5-11(9-12)16-15(17)13(18-22-16)10-21-14-7-2-3-8-20-14/h4-6,9,14H,2-3,7-8,10H2,1H3. The van der Waals surface area contributed by atoms with Crippen molar-refractivity contribution in [3.63, 3.8) is 0 Å². The quantitative estimate of drug-likeness (QED) is 0.794. The minimum atomic E-state index is -0.141. The summed E-state index contributed by atoms with van der Waals surface area (Å²) < 4.78 is 22.8. The first-order valence-electron chi connectivity index (χ1n) is 7.29. The second-order valence-corrected chi connectivity index (χ2v) is 5.90. The normalized spacial score (nSPS) is 18.4. The van der Waals surface area contributed by atoms with E-state index in [0.717, 1.165) is 47.3 Å². The fraction of sp³-hybridized carbons (Fsp3) is 0.438. The minimum absolute atomic E-state index is 0.141. The molecule has 1 aromatic carbocycles. The van der Waals surface area contributed by atoms with Crippen LogP contribution in [-0.4, -0.2) is 25.2 Å². The lowest BCUT2D eigenvalue weighted by Crippen LogP contribution is -2.22. The van der Waals surface area contributed by atoms with Gasteiger partial charge in [0.2, 0.25) is 0 Å². The summed E-state index contributed by atoms with van der Waals surface area (Å²) in [6.45, 7) is 1.12. The Morgan fingerprint density at radius 2 is 2.27 bits per heavy atom. The molecular formula is C16H18BrNO4. The maximum Gasteiger partial charge on any atom is 0.181 e. The molecule has 118 valence electrons. The van der Waals surface area contributed by atoms with Crippen molar-refractivity contribution in [3.05, 3.63) is 34.4 Å². The van der Waals surface area contributed by atoms with Crippen LogP contribution in [0.5, 0.6) is 5.75 Å². The lowest BCUT2D eigenvalue weighted by Gasteiger charge is -2.22. The van der Waals surface area contributed by atoms with Gasteiger partial charge < -0.3 is 18.7 Å². The highest BCUT2D eigenvalue weighted by atomic mass is 79.9. The Bertz CT molecular complexity index is 622. The number of ether oxygens (including phenoxy) is 3. The summed E-state index contributed by atoms with van der Waals surface area (Å²) in [5.74, 6) is 1.44. The van der Waals surface area contributed by atoms with Gasteiger partial charge >= 0.3 is 0 Å². The predicted octanol–water partition coefficient (Wildman–Crippen LogP) is 4.16. The van der Waals surface area contributed by atoms with Crippen molar-refractivity contribution in [2.24, 2.45) is 0 Å². The second kappa shape index (κ2) is 7.26. The Morgan fingerprint density at radius 1 is 1.36 bits per heavy atom. The first-order chi connectivity index (χ1) is 10.8. The Hall–Kier alpha value is -1.37. The summed E-state index contributed by atoms with van der Waals surface area (Å²) in [6, 6.07) is 7.65. The molecular weight excluding hydrogens is 350 g/mol. The van der Waals surface area contributed by atoms with E-state index in [-0.39, 0.29) is 6.29 Å². The molecule has 0 radical (unpaired) electrons. The molecule has 0 aliphatic carbocycles. The summed E-state index contributed by atoms with van der Waals surface area (Å²) in [7, 11) is 1.64. The van der Waals surface area contributed by atoms with Crippen molar-refractivity contribution >= 4 is 15.9 Å². The van der Waals surface area contributed by atoms with Gasteiger partial charge in [-0.25, -0.2) is 0 Å². The van der Waals surface area contributed by atoms with Crippen LogP contribution in [0.25, 0.3) is 11.3 Å². The zero-order valence-corrected chi connectivity index (χ0v) is 14.0. The third kappa shape index (κ3) is 3.51. The summed E-state index contributed by atoms with van der Waals surface area (Å²) in [5, 5.41) is 4.09. The Morgan fingerprint density at radius 3 is 3.05 bits per heavy atom. The molecule has 6 heteroatoms. The average molecular weight is 368 g/mol. The monoisotopic (exact) mass is 367 g/mol. The van der Waals surface area contributed by atoms with Crippen molar-refractivity contribution in [1.82, 2.24) is 5.16 Å². The molecule has 1 atom stereocenters. The van der Waals surface area contributed by atoms with Gasteiger partial charge in [0.05, 0.1) is 18.2 Å². The number of methoxy groups -OCH3 is 1. The van der Waals surface area contributed by atoms with E-state index in [4.69, 9.17) is 18.7 Å². The van der Waals surface area contributed by atoms with Gasteiger partial charge in [-0.3, -0.25) is 0 Å². The number of hydrogen-bond donors (Lipinski definition) is 0. The fourth-order valence-electron chi connectivity index (χ4n) is 2.36. The average Bonchev–Trinajstić information content (AvgIpc) is 2.95. The highest BCUT2D eigenvalue weighted by molar-refractivity contribution is 9.10. The molecule has 1 saturated heterocycles. The van der Waals surface area contributed by atoms with Crippen LogP contribution in [0.15, 0.2) is 33.3 Å². The maximum absolute atomic E-state index is 5.74. The van der Waals surface area contributed by atoms with Crippen LogP contribution < -0.4 is 4.74 Å². The van der Waals surface area contributed by atoms with Crippen molar-refractivity contribution in [2.75, 3.05) is 13.7 Å². The van der Waals surface area contributed by atoms with Gasteiger partial charge in [-0.1, -0.05) is 17.3 Å². The molecule has 0 bridgehead atoms. The van der Waals surface area contributed by atoms with Crippen molar-refractivity contribution < 1.29 is 18.7 Å². The number of hydrogen-bond acceptors (Lipinski definition) is 5. The molecule has 1 aliphatic rings. The second-order valence-electron chi connectivity index (χ2n) is 5.11. The largest absolute Gasteiger partial charge is 0.497 e. The maximum atomic E-state index is 5.74. The number of halogens is 1. The van der Waals surface area contributed by atoms with Gasteiger partial charge in [-0.2, -0.15) is 0 Å². The lowest BCUT2D eigenvalue weighted by atomic mass is 10.1. The smallest absolute Gasteiger partial charge is 0.181 e. The van der Waals surface area contributed by atoms with Crippen LogP contribution in [0.2, 0.25) is 0 Å². The number of rotatable bonds is 5. The van der Waals surface area contributed by atoms with E-state index in [1.165, 1.54) is 0 Å². The molecule has 2 heterocycles. The van der Waals surface area contributed by atoms with Crippen LogP contribution in [0.3, 0.4) is 0 Å². The van der Waals surface area contributed by atoms with Gasteiger partial charge in [0.15, 0.2) is 12.1 Å². The van der Waals surface area contributed by atoms with Gasteiger partial charge in [0.1, 0.15) is 11.4 Å². The highest BCUT2D eigenvalue weighted by Gasteiger charge is 2.19. The van der Waals surface area contributed by atoms with Crippen LogP contribution in [0.4, 0.5) is 0 Å². The van der Waals surface area contributed by atoms with Crippen LogP contribution in [-0.2, 0) is 16.1 Å². The molecule has 22 heavy (non-hydrogen) atoms. The minimum Gasteiger partial charge on any atom is -0.497 e. The third-order valence-electron chi connectivity index (χ3n) is 3.58. The molecule has 0 saturated carbocycles. The fourth-order valence-corrected chi connectivity index (χ4v) is 2.85. The van der Waals surface area contributed by atoms with Gasteiger partial charge in [0.25, 0.3) is 0 Å². The predicted molar refractivity (Wildman–Crippen MR) is 84.6 cm³/mol. The highest BCUT2D eigenvalue weighted by Crippen LogP contribution is 2.33. The lowest BCUT2D eigenvalue weighted by molar-refractivity contribution is -0.169. The molecule has 1 unspecified atom stereocenters. The first-order valence-corrected chi connectivity index (χ1v) is 8.09. The zero-order chi connectivity index (χ0) is 15.4. The number of benzene rings is 1. The van der Waals surface area contributed by atoms with Crippen molar-refractivity contribution in [1.29, 1.82) is 0 Å². The summed E-state index contributed by atoms with van der Waals surface area (Å²) in [4.78, 5) is 0. The Labute approximate surface area is 137 Å². The Kier molecular flexibility index (Phi) is 5.12. The van der Waals surface area contributed by atoms with E-state index in [9.17, 15) is 0 Å². The molecule has 1 fully saturated rings. The van der Waals surface area contributed by atoms with Crippen molar-refractivity contribution in [2.45, 2.75) is 32.2 Å². The zero-order valence-electron chi connectivity index (χ0n) is 12.4. The topological polar surface area (TPSA) is 53.7 Å². The van der Waals surface area contributed by atoms with E-state index in [0.29, 0.717) is 12.4 Å². The van der Waals surface area contributed by atoms with Crippen molar-refractivity contribution in [3.8, 4) is 17.1 Å². The molecule has 1 aromatic heterocycles. The molecule has 0 amide bonds. The van der Waals surface area contributed by atoms with Crippen LogP contribution in [0, 0.1) is 0 Å². The molecule has 1 aliphatic heterocycles. The van der Waals surface area contributed by atoms with Gasteiger partial charge in [-0.15, -0.1) is 0 Å². The molecule has 5 nitrogen and oxygen atoms in total. The molecule has 0 spiro atoms. The number of nitrogens with zero attached hydrogens (tertiary/aromatic N) is 1. The van der Waals surface area contributed by atoms with Crippen LogP contribution >= 0.6 is 15.9 Å². The van der Waals surface area contributed by atoms with Gasteiger partial charge in [0, 0.05) is 12.2 Å². The SMILES string of the molecule is COc1cccc(-c2onc(COC3CCCCO3)c2Br)c1. The third-order valence-corrected chi connectivity index (χ3v) is 4.39. The van der Waals surface area contributed by atoms with E-state index in [1.807, 2.05) is 24.3 Å². The van der Waals surface area contributed by atoms with Crippen LogP contribution in [0.1, 0.15) is 25.0 Å². The molecule has 0 N–H and O–H groups in total. The Balaban J connectivity index is 1.70. The summed E-state index contributed by atoms with van der Waals surface area (Å²) in [6.07, 6.45) is 3.03. The summed E-state index contributed by atoms with van der Waals surface area (Å²) in [5.41, 5.74) is 1.63. The number of aromatic nitrogens is 1. The molecule has 3 rings (SSSR count). The van der Waals surface area contributed by atoms with E-state index in [1.54, 1.807) is 7.11 Å². The van der Waals surface area contributed by atoms with E-state index < -0.39 is 0 Å². The summed E-state index contributed by atoms with van der Waals surface area (Å²) >= 11 is 3.54. The molecule has 2 aromatic rings.